The molecular formula is C18H22FNO. The minimum atomic E-state index is -0.160. The molecule has 2 rings (SSSR count). The molecule has 0 bridgehead atoms. The maximum absolute atomic E-state index is 13.8. The fourth-order valence-corrected chi connectivity index (χ4v) is 2.59. The molecule has 0 aliphatic rings. The third kappa shape index (κ3) is 4.05. The summed E-state index contributed by atoms with van der Waals surface area (Å²) in [5.74, 6) is 0.900. The van der Waals surface area contributed by atoms with Gasteiger partial charge in [-0.15, -0.1) is 0 Å². The average molecular weight is 287 g/mol. The third-order valence-corrected chi connectivity index (χ3v) is 3.74. The summed E-state index contributed by atoms with van der Waals surface area (Å²) in [4.78, 5) is 0. The van der Waals surface area contributed by atoms with Crippen LogP contribution in [0, 0.1) is 18.7 Å². The average Bonchev–Trinajstić information content (AvgIpc) is 2.49. The van der Waals surface area contributed by atoms with Crippen LogP contribution in [0.5, 0.6) is 5.75 Å². The molecule has 2 nitrogen and oxygen atoms in total. The second kappa shape index (κ2) is 7.23. The van der Waals surface area contributed by atoms with Gasteiger partial charge in [-0.05, 0) is 55.5 Å². The first-order valence-electron chi connectivity index (χ1n) is 7.21. The van der Waals surface area contributed by atoms with Crippen molar-refractivity contribution in [3.63, 3.8) is 0 Å². The molecule has 3 heteroatoms. The molecule has 2 aromatic rings. The summed E-state index contributed by atoms with van der Waals surface area (Å²) >= 11 is 0. The molecule has 1 unspecified atom stereocenters. The first-order valence-corrected chi connectivity index (χ1v) is 7.21. The molecule has 2 aromatic carbocycles. The summed E-state index contributed by atoms with van der Waals surface area (Å²) in [7, 11) is 1.67. The summed E-state index contributed by atoms with van der Waals surface area (Å²) in [6.45, 7) is 2.57. The molecule has 0 aliphatic carbocycles. The van der Waals surface area contributed by atoms with Gasteiger partial charge in [-0.3, -0.25) is 0 Å². The number of nitrogens with two attached hydrogens (primary N) is 1. The Kier molecular flexibility index (Phi) is 5.34. The van der Waals surface area contributed by atoms with Crippen LogP contribution in [0.1, 0.15) is 16.7 Å². The van der Waals surface area contributed by atoms with Crippen molar-refractivity contribution in [1.29, 1.82) is 0 Å². The minimum absolute atomic E-state index is 0.160. The van der Waals surface area contributed by atoms with Gasteiger partial charge in [0, 0.05) is 0 Å². The van der Waals surface area contributed by atoms with Crippen LogP contribution in [0.4, 0.5) is 4.39 Å². The first kappa shape index (κ1) is 15.5. The van der Waals surface area contributed by atoms with Gasteiger partial charge in [0.1, 0.15) is 11.6 Å². The molecule has 0 aliphatic heterocycles. The van der Waals surface area contributed by atoms with Crippen LogP contribution in [0.3, 0.4) is 0 Å². The predicted molar refractivity (Wildman–Crippen MR) is 84.1 cm³/mol. The summed E-state index contributed by atoms with van der Waals surface area (Å²) in [5.41, 5.74) is 8.92. The summed E-state index contributed by atoms with van der Waals surface area (Å²) < 4.78 is 19.2. The van der Waals surface area contributed by atoms with Crippen molar-refractivity contribution in [2.45, 2.75) is 19.8 Å². The summed E-state index contributed by atoms with van der Waals surface area (Å²) in [6.07, 6.45) is 1.43. The van der Waals surface area contributed by atoms with Crippen molar-refractivity contribution in [3.05, 3.63) is 65.0 Å². The van der Waals surface area contributed by atoms with Crippen molar-refractivity contribution in [1.82, 2.24) is 0 Å². The van der Waals surface area contributed by atoms with E-state index in [-0.39, 0.29) is 11.7 Å². The Labute approximate surface area is 125 Å². The lowest BCUT2D eigenvalue weighted by molar-refractivity contribution is 0.403. The zero-order valence-corrected chi connectivity index (χ0v) is 12.6. The van der Waals surface area contributed by atoms with E-state index in [1.165, 1.54) is 11.6 Å². The van der Waals surface area contributed by atoms with Gasteiger partial charge in [0.05, 0.1) is 7.11 Å². The van der Waals surface area contributed by atoms with E-state index in [1.807, 2.05) is 24.3 Å². The lowest BCUT2D eigenvalue weighted by atomic mass is 9.91. The van der Waals surface area contributed by atoms with Crippen LogP contribution in [0.2, 0.25) is 0 Å². The zero-order valence-electron chi connectivity index (χ0n) is 12.6. The quantitative estimate of drug-likeness (QED) is 0.882. The van der Waals surface area contributed by atoms with Crippen LogP contribution in [0.25, 0.3) is 0 Å². The molecule has 1 atom stereocenters. The Morgan fingerprint density at radius 3 is 2.48 bits per heavy atom. The molecular weight excluding hydrogens is 265 g/mol. The van der Waals surface area contributed by atoms with Gasteiger partial charge in [-0.1, -0.05) is 35.9 Å². The maximum atomic E-state index is 13.8. The van der Waals surface area contributed by atoms with Crippen molar-refractivity contribution in [3.8, 4) is 5.75 Å². The van der Waals surface area contributed by atoms with Gasteiger partial charge in [-0.25, -0.2) is 4.39 Å². The SMILES string of the molecule is COc1ccc(C)cc1CC(CN)Cc1ccccc1F. The van der Waals surface area contributed by atoms with Gasteiger partial charge >= 0.3 is 0 Å². The predicted octanol–water partition coefficient (Wildman–Crippen LogP) is 3.50. The van der Waals surface area contributed by atoms with Crippen LogP contribution in [0.15, 0.2) is 42.5 Å². The molecule has 0 amide bonds. The van der Waals surface area contributed by atoms with Crippen LogP contribution < -0.4 is 10.5 Å². The number of ether oxygens (including phenoxy) is 1. The van der Waals surface area contributed by atoms with Crippen LogP contribution in [-0.2, 0) is 12.8 Å². The van der Waals surface area contributed by atoms with E-state index >= 15 is 0 Å². The standard InChI is InChI=1S/C18H22FNO/c1-13-7-8-18(21-2)16(9-13)11-14(12-20)10-15-5-3-4-6-17(15)19/h3-9,14H,10-12,20H2,1-2H3. The van der Waals surface area contributed by atoms with E-state index in [0.29, 0.717) is 13.0 Å². The van der Waals surface area contributed by atoms with Gasteiger partial charge in [0.15, 0.2) is 0 Å². The molecule has 0 radical (unpaired) electrons. The molecule has 0 spiro atoms. The Hall–Kier alpha value is -1.87. The molecule has 0 fully saturated rings. The smallest absolute Gasteiger partial charge is 0.126 e. The molecule has 0 saturated heterocycles. The van der Waals surface area contributed by atoms with Crippen molar-refractivity contribution in [2.75, 3.05) is 13.7 Å². The number of benzene rings is 2. The van der Waals surface area contributed by atoms with E-state index < -0.39 is 0 Å². The third-order valence-electron chi connectivity index (χ3n) is 3.74. The summed E-state index contributed by atoms with van der Waals surface area (Å²) in [6, 6.07) is 13.0. The Morgan fingerprint density at radius 2 is 1.81 bits per heavy atom. The Balaban J connectivity index is 2.16. The molecule has 0 heterocycles. The van der Waals surface area contributed by atoms with E-state index in [2.05, 4.69) is 13.0 Å². The summed E-state index contributed by atoms with van der Waals surface area (Å²) in [5, 5.41) is 0. The Bertz CT molecular complexity index is 598. The monoisotopic (exact) mass is 287 g/mol. The normalized spacial score (nSPS) is 12.2. The van der Waals surface area contributed by atoms with Crippen molar-refractivity contribution in [2.24, 2.45) is 11.7 Å². The number of hydrogen-bond acceptors (Lipinski definition) is 2. The van der Waals surface area contributed by atoms with Crippen LogP contribution in [-0.4, -0.2) is 13.7 Å². The highest BCUT2D eigenvalue weighted by Crippen LogP contribution is 2.24. The Morgan fingerprint density at radius 1 is 1.10 bits per heavy atom. The number of methoxy groups -OCH3 is 1. The van der Waals surface area contributed by atoms with E-state index in [1.54, 1.807) is 13.2 Å². The van der Waals surface area contributed by atoms with Crippen LogP contribution >= 0.6 is 0 Å². The molecule has 0 saturated carbocycles. The minimum Gasteiger partial charge on any atom is -0.496 e. The highest BCUT2D eigenvalue weighted by Gasteiger charge is 2.14. The molecule has 21 heavy (non-hydrogen) atoms. The van der Waals surface area contributed by atoms with Gasteiger partial charge in [-0.2, -0.15) is 0 Å². The second-order valence-corrected chi connectivity index (χ2v) is 5.42. The van der Waals surface area contributed by atoms with E-state index in [0.717, 1.165) is 23.3 Å². The van der Waals surface area contributed by atoms with Crippen molar-refractivity contribution >= 4 is 0 Å². The maximum Gasteiger partial charge on any atom is 0.126 e. The molecule has 112 valence electrons. The fraction of sp³-hybridized carbons (Fsp3) is 0.333. The highest BCUT2D eigenvalue weighted by atomic mass is 19.1. The number of hydrogen-bond donors (Lipinski definition) is 1. The van der Waals surface area contributed by atoms with E-state index in [9.17, 15) is 4.39 Å². The lowest BCUT2D eigenvalue weighted by Crippen LogP contribution is -2.20. The highest BCUT2D eigenvalue weighted by molar-refractivity contribution is 5.37. The number of aryl methyl sites for hydroxylation is 1. The number of rotatable bonds is 6. The zero-order chi connectivity index (χ0) is 15.2. The van der Waals surface area contributed by atoms with Gasteiger partial charge in [0.2, 0.25) is 0 Å². The lowest BCUT2D eigenvalue weighted by Gasteiger charge is -2.17. The number of halogens is 1. The van der Waals surface area contributed by atoms with E-state index in [4.69, 9.17) is 10.5 Å². The van der Waals surface area contributed by atoms with Gasteiger partial charge < -0.3 is 10.5 Å². The largest absolute Gasteiger partial charge is 0.496 e. The first-order chi connectivity index (χ1) is 10.1. The molecule has 2 N–H and O–H groups in total. The second-order valence-electron chi connectivity index (χ2n) is 5.42. The fourth-order valence-electron chi connectivity index (χ4n) is 2.59. The molecule has 0 aromatic heterocycles. The van der Waals surface area contributed by atoms with Crippen molar-refractivity contribution < 1.29 is 9.13 Å². The topological polar surface area (TPSA) is 35.2 Å². The van der Waals surface area contributed by atoms with Gasteiger partial charge in [0.25, 0.3) is 0 Å².